The van der Waals surface area contributed by atoms with Gasteiger partial charge >= 0.3 is 5.97 Å². The molecule has 0 radical (unpaired) electrons. The van der Waals surface area contributed by atoms with Crippen LogP contribution in [0, 0.1) is 11.6 Å². The van der Waals surface area contributed by atoms with Crippen molar-refractivity contribution in [1.29, 1.82) is 0 Å². The van der Waals surface area contributed by atoms with E-state index in [9.17, 15) is 13.6 Å². The molecule has 1 aromatic carbocycles. The summed E-state index contributed by atoms with van der Waals surface area (Å²) < 4.78 is 26.2. The first-order valence-corrected chi connectivity index (χ1v) is 4.96. The summed E-state index contributed by atoms with van der Waals surface area (Å²) in [6.45, 7) is -0.225. The van der Waals surface area contributed by atoms with E-state index in [1.807, 2.05) is 0 Å². The normalized spacial score (nSPS) is 17.1. The van der Waals surface area contributed by atoms with Gasteiger partial charge in [0, 0.05) is 17.2 Å². The van der Waals surface area contributed by atoms with Crippen LogP contribution in [0.15, 0.2) is 18.2 Å². The van der Waals surface area contributed by atoms with Gasteiger partial charge in [0.15, 0.2) is 0 Å². The summed E-state index contributed by atoms with van der Waals surface area (Å²) in [6, 6.07) is 3.37. The average Bonchev–Trinajstić information content (AvgIpc) is 2.96. The SMILES string of the molecule is O=C(O)CNC1(c2ccc(F)cc2F)CC1. The molecule has 5 heteroatoms. The molecule has 3 nitrogen and oxygen atoms in total. The molecule has 1 saturated carbocycles. The quantitative estimate of drug-likeness (QED) is 0.821. The van der Waals surface area contributed by atoms with E-state index in [2.05, 4.69) is 5.32 Å². The molecule has 2 N–H and O–H groups in total. The highest BCUT2D eigenvalue weighted by Gasteiger charge is 2.45. The van der Waals surface area contributed by atoms with E-state index in [4.69, 9.17) is 5.11 Å². The van der Waals surface area contributed by atoms with E-state index in [1.54, 1.807) is 0 Å². The summed E-state index contributed by atoms with van der Waals surface area (Å²) >= 11 is 0. The van der Waals surface area contributed by atoms with Crippen LogP contribution >= 0.6 is 0 Å². The van der Waals surface area contributed by atoms with Crippen molar-refractivity contribution in [3.63, 3.8) is 0 Å². The fourth-order valence-electron chi connectivity index (χ4n) is 1.79. The largest absolute Gasteiger partial charge is 0.480 e. The minimum Gasteiger partial charge on any atom is -0.480 e. The highest BCUT2D eigenvalue weighted by molar-refractivity contribution is 5.69. The molecule has 1 aliphatic rings. The first kappa shape index (κ1) is 11.0. The van der Waals surface area contributed by atoms with Crippen LogP contribution in [0.4, 0.5) is 8.78 Å². The van der Waals surface area contributed by atoms with E-state index < -0.39 is 23.1 Å². The lowest BCUT2D eigenvalue weighted by Crippen LogP contribution is -2.34. The molecular formula is C11H11F2NO2. The van der Waals surface area contributed by atoms with Crippen molar-refractivity contribution in [3.05, 3.63) is 35.4 Å². The van der Waals surface area contributed by atoms with Gasteiger partial charge in [-0.15, -0.1) is 0 Å². The monoisotopic (exact) mass is 227 g/mol. The standard InChI is InChI=1S/C11H11F2NO2/c12-7-1-2-8(9(13)5-7)11(3-4-11)14-6-10(15)16/h1-2,5,14H,3-4,6H2,(H,15,16). The second-order valence-corrected chi connectivity index (χ2v) is 3.95. The van der Waals surface area contributed by atoms with Crippen LogP contribution in [-0.4, -0.2) is 17.6 Å². The molecule has 2 rings (SSSR count). The number of carboxylic acid groups (broad SMARTS) is 1. The smallest absolute Gasteiger partial charge is 0.317 e. The second-order valence-electron chi connectivity index (χ2n) is 3.95. The van der Waals surface area contributed by atoms with Crippen LogP contribution in [0.5, 0.6) is 0 Å². The highest BCUT2D eigenvalue weighted by atomic mass is 19.1. The van der Waals surface area contributed by atoms with Gasteiger partial charge in [-0.25, -0.2) is 8.78 Å². The Morgan fingerprint density at radius 2 is 2.12 bits per heavy atom. The number of carboxylic acids is 1. The summed E-state index contributed by atoms with van der Waals surface area (Å²) in [4.78, 5) is 10.4. The molecule has 0 bridgehead atoms. The van der Waals surface area contributed by atoms with Crippen LogP contribution in [0.1, 0.15) is 18.4 Å². The summed E-state index contributed by atoms with van der Waals surface area (Å²) in [5, 5.41) is 11.3. The van der Waals surface area contributed by atoms with Crippen molar-refractivity contribution in [2.24, 2.45) is 0 Å². The fraction of sp³-hybridized carbons (Fsp3) is 0.364. The predicted octanol–water partition coefficient (Wildman–Crippen LogP) is 1.63. The van der Waals surface area contributed by atoms with Crippen molar-refractivity contribution >= 4 is 5.97 Å². The molecule has 1 aliphatic carbocycles. The number of carbonyl (C=O) groups is 1. The number of halogens is 2. The fourth-order valence-corrected chi connectivity index (χ4v) is 1.79. The van der Waals surface area contributed by atoms with Crippen LogP contribution in [-0.2, 0) is 10.3 Å². The molecule has 0 spiro atoms. The van der Waals surface area contributed by atoms with Crippen LogP contribution in [0.2, 0.25) is 0 Å². The molecule has 0 unspecified atom stereocenters. The molecule has 0 amide bonds. The van der Waals surface area contributed by atoms with Crippen molar-refractivity contribution in [2.75, 3.05) is 6.54 Å². The van der Waals surface area contributed by atoms with Crippen molar-refractivity contribution in [3.8, 4) is 0 Å². The first-order valence-electron chi connectivity index (χ1n) is 4.96. The molecular weight excluding hydrogens is 216 g/mol. The lowest BCUT2D eigenvalue weighted by Gasteiger charge is -2.17. The Balaban J connectivity index is 2.19. The first-order chi connectivity index (χ1) is 7.53. The van der Waals surface area contributed by atoms with Crippen LogP contribution in [0.3, 0.4) is 0 Å². The zero-order valence-electron chi connectivity index (χ0n) is 8.46. The van der Waals surface area contributed by atoms with Gasteiger partial charge in [0.25, 0.3) is 0 Å². The molecule has 0 aliphatic heterocycles. The number of rotatable bonds is 4. The van der Waals surface area contributed by atoms with Gasteiger partial charge in [-0.3, -0.25) is 10.1 Å². The topological polar surface area (TPSA) is 49.3 Å². The Morgan fingerprint density at radius 3 is 2.62 bits per heavy atom. The van der Waals surface area contributed by atoms with Crippen molar-refractivity contribution < 1.29 is 18.7 Å². The maximum Gasteiger partial charge on any atom is 0.317 e. The summed E-state index contributed by atoms with van der Waals surface area (Å²) in [5.41, 5.74) is -0.272. The third kappa shape index (κ3) is 2.04. The zero-order chi connectivity index (χ0) is 11.8. The number of hydrogen-bond donors (Lipinski definition) is 2. The number of aliphatic carboxylic acids is 1. The van der Waals surface area contributed by atoms with Crippen molar-refractivity contribution in [2.45, 2.75) is 18.4 Å². The maximum absolute atomic E-state index is 13.5. The molecule has 0 heterocycles. The van der Waals surface area contributed by atoms with Crippen LogP contribution in [0.25, 0.3) is 0 Å². The minimum absolute atomic E-state index is 0.225. The van der Waals surface area contributed by atoms with E-state index in [1.165, 1.54) is 12.1 Å². The predicted molar refractivity (Wildman–Crippen MR) is 52.9 cm³/mol. The van der Waals surface area contributed by atoms with E-state index >= 15 is 0 Å². The third-order valence-corrected chi connectivity index (χ3v) is 2.77. The minimum atomic E-state index is -0.992. The molecule has 0 aromatic heterocycles. The number of hydrogen-bond acceptors (Lipinski definition) is 2. The van der Waals surface area contributed by atoms with Gasteiger partial charge in [0.05, 0.1) is 6.54 Å². The Bertz CT molecular complexity index is 430. The van der Waals surface area contributed by atoms with Gasteiger partial charge in [-0.05, 0) is 18.9 Å². The lowest BCUT2D eigenvalue weighted by molar-refractivity contribution is -0.136. The van der Waals surface area contributed by atoms with Gasteiger partial charge < -0.3 is 5.11 Å². The maximum atomic E-state index is 13.5. The molecule has 0 atom stereocenters. The van der Waals surface area contributed by atoms with Gasteiger partial charge in [-0.1, -0.05) is 6.07 Å². The summed E-state index contributed by atoms with van der Waals surface area (Å²) in [6.07, 6.45) is 1.34. The molecule has 1 fully saturated rings. The Kier molecular flexibility index (Phi) is 2.63. The average molecular weight is 227 g/mol. The van der Waals surface area contributed by atoms with E-state index in [-0.39, 0.29) is 6.54 Å². The molecule has 0 saturated heterocycles. The van der Waals surface area contributed by atoms with Crippen LogP contribution < -0.4 is 5.32 Å². The summed E-state index contributed by atoms with van der Waals surface area (Å²) in [5.74, 6) is -2.25. The van der Waals surface area contributed by atoms with Gasteiger partial charge in [0.2, 0.25) is 0 Å². The van der Waals surface area contributed by atoms with Gasteiger partial charge in [-0.2, -0.15) is 0 Å². The highest BCUT2D eigenvalue weighted by Crippen LogP contribution is 2.46. The van der Waals surface area contributed by atoms with E-state index in [0.717, 1.165) is 6.07 Å². The Hall–Kier alpha value is -1.49. The van der Waals surface area contributed by atoms with Crippen molar-refractivity contribution in [1.82, 2.24) is 5.32 Å². The second kappa shape index (κ2) is 3.83. The number of nitrogens with one attached hydrogen (secondary N) is 1. The third-order valence-electron chi connectivity index (χ3n) is 2.77. The summed E-state index contributed by atoms with van der Waals surface area (Å²) in [7, 11) is 0. The molecule has 1 aromatic rings. The Morgan fingerprint density at radius 1 is 1.44 bits per heavy atom. The van der Waals surface area contributed by atoms with E-state index in [0.29, 0.717) is 18.4 Å². The lowest BCUT2D eigenvalue weighted by atomic mass is 10.0. The number of benzene rings is 1. The Labute approximate surface area is 91.1 Å². The molecule has 86 valence electrons. The molecule has 16 heavy (non-hydrogen) atoms. The zero-order valence-corrected chi connectivity index (χ0v) is 8.46. The van der Waals surface area contributed by atoms with Gasteiger partial charge in [0.1, 0.15) is 11.6 Å².